The van der Waals surface area contributed by atoms with E-state index in [2.05, 4.69) is 22.3 Å². The van der Waals surface area contributed by atoms with Crippen LogP contribution in [0.15, 0.2) is 12.1 Å². The van der Waals surface area contributed by atoms with Crippen LogP contribution in [0, 0.1) is 0 Å². The van der Waals surface area contributed by atoms with Crippen molar-refractivity contribution in [3.63, 3.8) is 0 Å². The van der Waals surface area contributed by atoms with Gasteiger partial charge in [-0.25, -0.2) is 4.98 Å². The fourth-order valence-electron chi connectivity index (χ4n) is 3.88. The number of amides is 1. The molecular formula is C21H32N4O2. The molecule has 0 saturated carbocycles. The molecule has 1 N–H and O–H groups in total. The van der Waals surface area contributed by atoms with Gasteiger partial charge in [0.25, 0.3) is 0 Å². The maximum Gasteiger partial charge on any atom is 0.237 e. The number of rotatable bonds is 8. The molecule has 6 heteroatoms. The molecule has 1 atom stereocenters. The van der Waals surface area contributed by atoms with Gasteiger partial charge in [-0.1, -0.05) is 12.5 Å². The van der Waals surface area contributed by atoms with Crippen molar-refractivity contribution in [3.05, 3.63) is 23.4 Å². The average Bonchev–Trinajstić information content (AvgIpc) is 2.67. The predicted molar refractivity (Wildman–Crippen MR) is 107 cm³/mol. The summed E-state index contributed by atoms with van der Waals surface area (Å²) < 4.78 is 0. The Labute approximate surface area is 162 Å². The molecule has 1 saturated heterocycles. The SMILES string of the molecule is CC(=O)[C@@H](C)N1CCN(CCCCCc2ccc3c(n2)NCCC3)CC1=O. The number of aryl methyl sites for hydroxylation is 2. The maximum absolute atomic E-state index is 12.3. The van der Waals surface area contributed by atoms with E-state index in [0.29, 0.717) is 13.1 Å². The number of hydrogen-bond donors (Lipinski definition) is 1. The van der Waals surface area contributed by atoms with Gasteiger partial charge in [0.2, 0.25) is 5.91 Å². The standard InChI is InChI=1S/C21H32N4O2/c1-16(17(2)26)25-14-13-24(15-20(25)27)12-5-3-4-8-19-10-9-18-7-6-11-22-21(18)23-19/h9-10,16H,3-8,11-15H2,1-2H3,(H,22,23)/t16-/m1/s1. The first-order valence-corrected chi connectivity index (χ1v) is 10.3. The summed E-state index contributed by atoms with van der Waals surface area (Å²) >= 11 is 0. The molecule has 3 rings (SSSR count). The van der Waals surface area contributed by atoms with E-state index >= 15 is 0 Å². The Balaban J connectivity index is 1.34. The van der Waals surface area contributed by atoms with Gasteiger partial charge in [-0.15, -0.1) is 0 Å². The second-order valence-corrected chi connectivity index (χ2v) is 7.80. The van der Waals surface area contributed by atoms with Crippen LogP contribution in [0.3, 0.4) is 0 Å². The third-order valence-electron chi connectivity index (χ3n) is 5.75. The molecule has 1 fully saturated rings. The summed E-state index contributed by atoms with van der Waals surface area (Å²) in [5, 5.41) is 3.40. The van der Waals surface area contributed by atoms with E-state index in [0.717, 1.165) is 57.6 Å². The lowest BCUT2D eigenvalue weighted by Crippen LogP contribution is -2.54. The second-order valence-electron chi connectivity index (χ2n) is 7.80. The highest BCUT2D eigenvalue weighted by Gasteiger charge is 2.28. The Morgan fingerprint density at radius 1 is 1.26 bits per heavy atom. The van der Waals surface area contributed by atoms with E-state index in [9.17, 15) is 9.59 Å². The van der Waals surface area contributed by atoms with E-state index in [1.54, 1.807) is 11.8 Å². The summed E-state index contributed by atoms with van der Waals surface area (Å²) in [6, 6.07) is 4.09. The van der Waals surface area contributed by atoms with Crippen molar-refractivity contribution in [1.82, 2.24) is 14.8 Å². The largest absolute Gasteiger partial charge is 0.370 e. The first-order valence-electron chi connectivity index (χ1n) is 10.3. The van der Waals surface area contributed by atoms with Crippen molar-refractivity contribution in [1.29, 1.82) is 0 Å². The zero-order valence-electron chi connectivity index (χ0n) is 16.7. The van der Waals surface area contributed by atoms with Crippen molar-refractivity contribution in [2.45, 2.75) is 58.4 Å². The molecule has 6 nitrogen and oxygen atoms in total. The van der Waals surface area contributed by atoms with Crippen LogP contribution < -0.4 is 5.32 Å². The van der Waals surface area contributed by atoms with Crippen LogP contribution in [0.1, 0.15) is 50.8 Å². The van der Waals surface area contributed by atoms with E-state index < -0.39 is 0 Å². The second kappa shape index (κ2) is 9.31. The molecule has 1 aromatic heterocycles. The fraction of sp³-hybridized carbons (Fsp3) is 0.667. The minimum Gasteiger partial charge on any atom is -0.370 e. The first-order chi connectivity index (χ1) is 13.0. The van der Waals surface area contributed by atoms with E-state index in [-0.39, 0.29) is 17.7 Å². The highest BCUT2D eigenvalue weighted by molar-refractivity contribution is 5.88. The number of fused-ring (bicyclic) bond motifs is 1. The fourth-order valence-corrected chi connectivity index (χ4v) is 3.88. The Morgan fingerprint density at radius 2 is 2.11 bits per heavy atom. The van der Waals surface area contributed by atoms with Gasteiger partial charge in [-0.05, 0) is 64.1 Å². The summed E-state index contributed by atoms with van der Waals surface area (Å²) in [6.45, 7) is 7.31. The summed E-state index contributed by atoms with van der Waals surface area (Å²) in [4.78, 5) is 32.4. The van der Waals surface area contributed by atoms with Gasteiger partial charge < -0.3 is 10.2 Å². The Kier molecular flexibility index (Phi) is 6.83. The summed E-state index contributed by atoms with van der Waals surface area (Å²) in [5.41, 5.74) is 2.51. The van der Waals surface area contributed by atoms with Crippen LogP contribution in [0.4, 0.5) is 5.82 Å². The molecule has 0 unspecified atom stereocenters. The quantitative estimate of drug-likeness (QED) is 0.709. The van der Waals surface area contributed by atoms with Crippen molar-refractivity contribution >= 4 is 17.5 Å². The molecule has 0 aromatic carbocycles. The Morgan fingerprint density at radius 3 is 2.89 bits per heavy atom. The van der Waals surface area contributed by atoms with Gasteiger partial charge >= 0.3 is 0 Å². The van der Waals surface area contributed by atoms with Crippen LogP contribution in [0.2, 0.25) is 0 Å². The minimum absolute atomic E-state index is 0.0581. The van der Waals surface area contributed by atoms with Crippen LogP contribution in [0.5, 0.6) is 0 Å². The first kappa shape index (κ1) is 19.8. The van der Waals surface area contributed by atoms with Gasteiger partial charge in [-0.2, -0.15) is 0 Å². The molecule has 2 aliphatic rings. The predicted octanol–water partition coefficient (Wildman–Crippen LogP) is 2.27. The Hall–Kier alpha value is -1.95. The lowest BCUT2D eigenvalue weighted by Gasteiger charge is -2.36. The number of piperazine rings is 1. The van der Waals surface area contributed by atoms with Crippen LogP contribution in [-0.2, 0) is 22.4 Å². The molecule has 148 valence electrons. The monoisotopic (exact) mass is 372 g/mol. The number of carbonyl (C=O) groups excluding carboxylic acids is 2. The van der Waals surface area contributed by atoms with E-state index in [1.165, 1.54) is 17.7 Å². The normalized spacial score (nSPS) is 18.7. The van der Waals surface area contributed by atoms with Crippen molar-refractivity contribution < 1.29 is 9.59 Å². The molecule has 3 heterocycles. The number of nitrogens with zero attached hydrogens (tertiary/aromatic N) is 3. The van der Waals surface area contributed by atoms with Crippen molar-refractivity contribution in [2.24, 2.45) is 0 Å². The molecule has 0 bridgehead atoms. The lowest BCUT2D eigenvalue weighted by atomic mass is 10.1. The highest BCUT2D eigenvalue weighted by atomic mass is 16.2. The lowest BCUT2D eigenvalue weighted by molar-refractivity contribution is -0.142. The van der Waals surface area contributed by atoms with Gasteiger partial charge in [0, 0.05) is 25.3 Å². The summed E-state index contributed by atoms with van der Waals surface area (Å²) in [7, 11) is 0. The summed E-state index contributed by atoms with van der Waals surface area (Å²) in [5.74, 6) is 1.22. The number of pyridine rings is 1. The van der Waals surface area contributed by atoms with Crippen molar-refractivity contribution in [2.75, 3.05) is 38.0 Å². The molecule has 1 amide bonds. The number of hydrogen-bond acceptors (Lipinski definition) is 5. The third kappa shape index (κ3) is 5.28. The van der Waals surface area contributed by atoms with Crippen LogP contribution in [0.25, 0.3) is 0 Å². The number of unbranched alkanes of at least 4 members (excludes halogenated alkanes) is 2. The number of ketones is 1. The third-order valence-corrected chi connectivity index (χ3v) is 5.75. The summed E-state index contributed by atoms with van der Waals surface area (Å²) in [6.07, 6.45) is 6.70. The molecule has 27 heavy (non-hydrogen) atoms. The smallest absolute Gasteiger partial charge is 0.237 e. The van der Waals surface area contributed by atoms with Gasteiger partial charge in [-0.3, -0.25) is 14.5 Å². The van der Waals surface area contributed by atoms with E-state index in [4.69, 9.17) is 4.98 Å². The Bertz CT molecular complexity index is 676. The molecule has 0 radical (unpaired) electrons. The zero-order chi connectivity index (χ0) is 19.2. The highest BCUT2D eigenvalue weighted by Crippen LogP contribution is 2.20. The van der Waals surface area contributed by atoms with Crippen molar-refractivity contribution in [3.8, 4) is 0 Å². The van der Waals surface area contributed by atoms with E-state index in [1.807, 2.05) is 6.92 Å². The number of aromatic nitrogens is 1. The average molecular weight is 373 g/mol. The van der Waals surface area contributed by atoms with Gasteiger partial charge in [0.15, 0.2) is 5.78 Å². The van der Waals surface area contributed by atoms with Crippen LogP contribution in [-0.4, -0.2) is 65.2 Å². The maximum atomic E-state index is 12.3. The number of carbonyl (C=O) groups is 2. The molecule has 1 aromatic rings. The number of Topliss-reactive ketones (excluding diaryl/α,β-unsaturated/α-hetero) is 1. The number of anilines is 1. The van der Waals surface area contributed by atoms with Crippen LogP contribution >= 0.6 is 0 Å². The molecule has 0 spiro atoms. The topological polar surface area (TPSA) is 65.5 Å². The minimum atomic E-state index is -0.293. The zero-order valence-corrected chi connectivity index (χ0v) is 16.7. The molecule has 0 aliphatic carbocycles. The molecule has 2 aliphatic heterocycles. The number of nitrogens with one attached hydrogen (secondary N) is 1. The van der Waals surface area contributed by atoms with Gasteiger partial charge in [0.1, 0.15) is 5.82 Å². The van der Waals surface area contributed by atoms with Gasteiger partial charge in [0.05, 0.1) is 12.6 Å². The molecular weight excluding hydrogens is 340 g/mol.